The van der Waals surface area contributed by atoms with Crippen LogP contribution >= 0.6 is 0 Å². The zero-order valence-electron chi connectivity index (χ0n) is 11.0. The predicted molar refractivity (Wildman–Crippen MR) is 73.8 cm³/mol. The third-order valence-corrected chi connectivity index (χ3v) is 3.02. The van der Waals surface area contributed by atoms with Crippen molar-refractivity contribution in [2.24, 2.45) is 0 Å². The van der Waals surface area contributed by atoms with Crippen LogP contribution in [0.1, 0.15) is 23.2 Å². The number of hydrogen-bond acceptors (Lipinski definition) is 4. The van der Waals surface area contributed by atoms with Gasteiger partial charge in [0.05, 0.1) is 5.56 Å². The highest BCUT2D eigenvalue weighted by Crippen LogP contribution is 2.15. The van der Waals surface area contributed by atoms with E-state index in [1.54, 1.807) is 12.1 Å². The highest BCUT2D eigenvalue weighted by molar-refractivity contribution is 6.00. The topological polar surface area (TPSA) is 94.9 Å². The van der Waals surface area contributed by atoms with Gasteiger partial charge in [-0.3, -0.25) is 14.8 Å². The van der Waals surface area contributed by atoms with Crippen LogP contribution in [0, 0.1) is 0 Å². The minimum Gasteiger partial charge on any atom is -0.478 e. The normalized spacial score (nSPS) is 14.0. The average Bonchev–Trinajstić information content (AvgIpc) is 2.78. The fraction of sp³-hybridized carbons (Fsp3) is 0.133. The second-order valence-electron chi connectivity index (χ2n) is 4.47. The summed E-state index contributed by atoms with van der Waals surface area (Å²) in [5.41, 5.74) is 0.332. The molecule has 0 unspecified atom stereocenters. The molecule has 6 heteroatoms. The van der Waals surface area contributed by atoms with E-state index in [4.69, 9.17) is 10.3 Å². The Hall–Kier alpha value is -2.73. The largest absolute Gasteiger partial charge is 0.478 e. The number of imide groups is 1. The van der Waals surface area contributed by atoms with Crippen LogP contribution in [0.3, 0.4) is 0 Å². The summed E-state index contributed by atoms with van der Waals surface area (Å²) < 4.78 is 0. The van der Waals surface area contributed by atoms with Crippen molar-refractivity contribution >= 4 is 28.6 Å². The summed E-state index contributed by atoms with van der Waals surface area (Å²) in [7, 11) is 0. The van der Waals surface area contributed by atoms with Gasteiger partial charge < -0.3 is 5.11 Å². The van der Waals surface area contributed by atoms with Crippen LogP contribution in [-0.2, 0) is 9.59 Å². The number of fused-ring (bicyclic) bond motifs is 1. The Bertz CT molecular complexity index is 694. The van der Waals surface area contributed by atoms with Gasteiger partial charge in [-0.25, -0.2) is 4.79 Å². The minimum absolute atomic E-state index is 0.148. The van der Waals surface area contributed by atoms with Crippen molar-refractivity contribution < 1.29 is 24.7 Å². The summed E-state index contributed by atoms with van der Waals surface area (Å²) in [6, 6.07) is 12.8. The van der Waals surface area contributed by atoms with Crippen molar-refractivity contribution in [3.63, 3.8) is 0 Å². The van der Waals surface area contributed by atoms with Gasteiger partial charge in [-0.15, -0.1) is 0 Å². The molecule has 21 heavy (non-hydrogen) atoms. The summed E-state index contributed by atoms with van der Waals surface area (Å²) >= 11 is 0. The fourth-order valence-corrected chi connectivity index (χ4v) is 1.89. The number of rotatable bonds is 1. The summed E-state index contributed by atoms with van der Waals surface area (Å²) in [6.45, 7) is 0. The summed E-state index contributed by atoms with van der Waals surface area (Å²) in [6.07, 6.45) is 0.296. The maximum atomic E-state index is 10.6. The van der Waals surface area contributed by atoms with Crippen LogP contribution in [0.25, 0.3) is 10.8 Å². The lowest BCUT2D eigenvalue weighted by molar-refractivity contribution is -0.171. The summed E-state index contributed by atoms with van der Waals surface area (Å²) in [5, 5.41) is 19.3. The molecule has 2 amide bonds. The molecule has 108 valence electrons. The lowest BCUT2D eigenvalue weighted by Crippen LogP contribution is -2.24. The van der Waals surface area contributed by atoms with Crippen LogP contribution in [0.2, 0.25) is 0 Å². The molecule has 6 nitrogen and oxygen atoms in total. The number of carbonyl (C=O) groups excluding carboxylic acids is 2. The third-order valence-electron chi connectivity index (χ3n) is 3.02. The Balaban J connectivity index is 0.000000173. The Morgan fingerprint density at radius 1 is 0.952 bits per heavy atom. The van der Waals surface area contributed by atoms with Gasteiger partial charge in [0.1, 0.15) is 0 Å². The van der Waals surface area contributed by atoms with E-state index in [2.05, 4.69) is 0 Å². The molecule has 0 aliphatic carbocycles. The molecule has 0 radical (unpaired) electrons. The van der Waals surface area contributed by atoms with Crippen molar-refractivity contribution in [3.8, 4) is 0 Å². The molecule has 1 aliphatic heterocycles. The molecule has 2 N–H and O–H groups in total. The smallest absolute Gasteiger partial charge is 0.335 e. The van der Waals surface area contributed by atoms with Gasteiger partial charge in [-0.05, 0) is 22.9 Å². The zero-order chi connectivity index (χ0) is 15.4. The first kappa shape index (κ1) is 14.7. The van der Waals surface area contributed by atoms with Crippen molar-refractivity contribution in [2.45, 2.75) is 12.8 Å². The van der Waals surface area contributed by atoms with Gasteiger partial charge in [0, 0.05) is 12.8 Å². The van der Waals surface area contributed by atoms with E-state index in [-0.39, 0.29) is 17.9 Å². The van der Waals surface area contributed by atoms with Gasteiger partial charge in [-0.1, -0.05) is 30.3 Å². The molecule has 0 aromatic heterocycles. The summed E-state index contributed by atoms with van der Waals surface area (Å²) in [5.74, 6) is -1.89. The standard InChI is InChI=1S/C11H8O2.C4H5NO3/c12-11(13)10-6-5-8-3-1-2-4-9(8)7-10;6-3-1-2-4(7)5(3)8/h1-7H,(H,12,13);8H,1-2H2. The van der Waals surface area contributed by atoms with Crippen LogP contribution in [-0.4, -0.2) is 33.2 Å². The van der Waals surface area contributed by atoms with Gasteiger partial charge in [0.25, 0.3) is 11.8 Å². The Morgan fingerprint density at radius 2 is 1.52 bits per heavy atom. The fourth-order valence-electron chi connectivity index (χ4n) is 1.89. The van der Waals surface area contributed by atoms with E-state index >= 15 is 0 Å². The van der Waals surface area contributed by atoms with Crippen molar-refractivity contribution in [2.75, 3.05) is 0 Å². The second kappa shape index (κ2) is 6.15. The number of hydrogen-bond donors (Lipinski definition) is 2. The van der Waals surface area contributed by atoms with Crippen molar-refractivity contribution in [3.05, 3.63) is 48.0 Å². The number of nitrogens with zero attached hydrogens (tertiary/aromatic N) is 1. The molecule has 0 saturated carbocycles. The molecule has 0 spiro atoms. The van der Waals surface area contributed by atoms with E-state index in [1.807, 2.05) is 30.3 Å². The highest BCUT2D eigenvalue weighted by Gasteiger charge is 2.26. The minimum atomic E-state index is -0.884. The molecule has 1 heterocycles. The number of amides is 2. The predicted octanol–water partition coefficient (Wildman–Crippen LogP) is 2.06. The number of carbonyl (C=O) groups is 3. The molecule has 1 fully saturated rings. The van der Waals surface area contributed by atoms with Crippen molar-refractivity contribution in [1.82, 2.24) is 5.06 Å². The van der Waals surface area contributed by atoms with Crippen LogP contribution < -0.4 is 0 Å². The molecule has 1 saturated heterocycles. The van der Waals surface area contributed by atoms with E-state index < -0.39 is 17.8 Å². The lowest BCUT2D eigenvalue weighted by atomic mass is 10.1. The number of carboxylic acid groups (broad SMARTS) is 1. The van der Waals surface area contributed by atoms with Gasteiger partial charge in [0.2, 0.25) is 0 Å². The maximum absolute atomic E-state index is 10.6. The third kappa shape index (κ3) is 3.43. The van der Waals surface area contributed by atoms with Crippen molar-refractivity contribution in [1.29, 1.82) is 0 Å². The Morgan fingerprint density at radius 3 is 2.00 bits per heavy atom. The molecule has 2 aromatic carbocycles. The molecular weight excluding hydrogens is 274 g/mol. The monoisotopic (exact) mass is 287 g/mol. The highest BCUT2D eigenvalue weighted by atomic mass is 16.5. The molecule has 0 bridgehead atoms. The second-order valence-corrected chi connectivity index (χ2v) is 4.47. The maximum Gasteiger partial charge on any atom is 0.335 e. The molecule has 1 aliphatic rings. The molecule has 0 atom stereocenters. The average molecular weight is 287 g/mol. The quantitative estimate of drug-likeness (QED) is 0.618. The molecule has 3 rings (SSSR count). The van der Waals surface area contributed by atoms with Gasteiger partial charge in [-0.2, -0.15) is 5.06 Å². The van der Waals surface area contributed by atoms with E-state index in [0.29, 0.717) is 5.56 Å². The van der Waals surface area contributed by atoms with Crippen LogP contribution in [0.4, 0.5) is 0 Å². The number of benzene rings is 2. The number of aromatic carboxylic acids is 1. The number of carboxylic acids is 1. The van der Waals surface area contributed by atoms with Gasteiger partial charge >= 0.3 is 5.97 Å². The first-order chi connectivity index (χ1) is 9.99. The SMILES string of the molecule is O=C(O)c1ccc2ccccc2c1.O=C1CCC(=O)N1O. The first-order valence-corrected chi connectivity index (χ1v) is 6.26. The summed E-state index contributed by atoms with van der Waals surface area (Å²) in [4.78, 5) is 31.1. The Kier molecular flexibility index (Phi) is 4.30. The van der Waals surface area contributed by atoms with E-state index in [0.717, 1.165) is 10.8 Å². The molecule has 2 aromatic rings. The molecular formula is C15H13NO5. The lowest BCUT2D eigenvalue weighted by Gasteiger charge is -1.98. The van der Waals surface area contributed by atoms with Gasteiger partial charge in [0.15, 0.2) is 0 Å². The van der Waals surface area contributed by atoms with Crippen LogP contribution in [0.5, 0.6) is 0 Å². The van der Waals surface area contributed by atoms with Crippen LogP contribution in [0.15, 0.2) is 42.5 Å². The Labute approximate surface area is 120 Å². The van der Waals surface area contributed by atoms with E-state index in [9.17, 15) is 14.4 Å². The first-order valence-electron chi connectivity index (χ1n) is 6.26. The zero-order valence-corrected chi connectivity index (χ0v) is 11.0. The van der Waals surface area contributed by atoms with E-state index in [1.165, 1.54) is 0 Å². The number of hydroxylamine groups is 2.